The van der Waals surface area contributed by atoms with Gasteiger partial charge in [-0.1, -0.05) is 6.07 Å². The number of piperazine rings is 1. The average Bonchev–Trinajstić information content (AvgIpc) is 3.32. The third kappa shape index (κ3) is 5.32. The van der Waals surface area contributed by atoms with Gasteiger partial charge in [-0.3, -0.25) is 14.6 Å². The lowest BCUT2D eigenvalue weighted by molar-refractivity contribution is -0.139. The van der Waals surface area contributed by atoms with E-state index >= 15 is 0 Å². The molecule has 0 aliphatic carbocycles. The van der Waals surface area contributed by atoms with Gasteiger partial charge < -0.3 is 19.0 Å². The molecule has 3 aromatic rings. The minimum Gasteiger partial charge on any atom is -0.497 e. The molecule has 166 valence electrons. The summed E-state index contributed by atoms with van der Waals surface area (Å²) in [5.41, 5.74) is 1.67. The minimum absolute atomic E-state index is 0.0432. The second kappa shape index (κ2) is 10.1. The lowest BCUT2D eigenvalue weighted by Gasteiger charge is -2.34. The Balaban J connectivity index is 1.23. The molecule has 0 spiro atoms. The Hall–Kier alpha value is -3.68. The second-order valence-corrected chi connectivity index (χ2v) is 7.61. The SMILES string of the molecule is COc1ccc(-c2cnc(CCC(=O)N3CCN(C(=O)Cc4ccccn4)CC3)o2)cc1. The fourth-order valence-corrected chi connectivity index (χ4v) is 3.66. The van der Waals surface area contributed by atoms with Gasteiger partial charge in [0.2, 0.25) is 11.8 Å². The summed E-state index contributed by atoms with van der Waals surface area (Å²) in [6, 6.07) is 13.1. The monoisotopic (exact) mass is 434 g/mol. The standard InChI is InChI=1S/C24H26N4O4/c1-31-20-7-5-18(6-8-20)21-17-26-22(32-21)9-10-23(29)27-12-14-28(15-13-27)24(30)16-19-4-2-3-11-25-19/h2-8,11,17H,9-10,12-16H2,1H3. The van der Waals surface area contributed by atoms with Crippen LogP contribution in [0.4, 0.5) is 0 Å². The molecular weight excluding hydrogens is 408 g/mol. The third-order valence-electron chi connectivity index (χ3n) is 5.52. The first-order valence-electron chi connectivity index (χ1n) is 10.7. The summed E-state index contributed by atoms with van der Waals surface area (Å²) in [6.07, 6.45) is 4.41. The molecule has 8 heteroatoms. The zero-order valence-electron chi connectivity index (χ0n) is 18.1. The van der Waals surface area contributed by atoms with E-state index in [9.17, 15) is 9.59 Å². The van der Waals surface area contributed by atoms with E-state index < -0.39 is 0 Å². The first-order chi connectivity index (χ1) is 15.6. The smallest absolute Gasteiger partial charge is 0.228 e. The highest BCUT2D eigenvalue weighted by atomic mass is 16.5. The van der Waals surface area contributed by atoms with Crippen LogP contribution in [0.15, 0.2) is 59.3 Å². The Morgan fingerprint density at radius 1 is 0.969 bits per heavy atom. The topological polar surface area (TPSA) is 88.8 Å². The Labute approximate surface area is 186 Å². The number of carbonyl (C=O) groups excluding carboxylic acids is 2. The van der Waals surface area contributed by atoms with E-state index in [1.54, 1.807) is 29.3 Å². The molecule has 2 aromatic heterocycles. The van der Waals surface area contributed by atoms with Crippen LogP contribution in [0.2, 0.25) is 0 Å². The van der Waals surface area contributed by atoms with Crippen LogP contribution in [0, 0.1) is 0 Å². The summed E-state index contributed by atoms with van der Waals surface area (Å²) in [6.45, 7) is 2.15. The van der Waals surface area contributed by atoms with Crippen molar-refractivity contribution < 1.29 is 18.7 Å². The van der Waals surface area contributed by atoms with Crippen LogP contribution in [0.5, 0.6) is 5.75 Å². The Bertz CT molecular complexity index is 1040. The maximum Gasteiger partial charge on any atom is 0.228 e. The van der Waals surface area contributed by atoms with Crippen molar-refractivity contribution in [3.8, 4) is 17.1 Å². The van der Waals surface area contributed by atoms with Gasteiger partial charge in [0.05, 0.1) is 19.7 Å². The van der Waals surface area contributed by atoms with Gasteiger partial charge in [-0.25, -0.2) is 4.98 Å². The fourth-order valence-electron chi connectivity index (χ4n) is 3.66. The quantitative estimate of drug-likeness (QED) is 0.568. The van der Waals surface area contributed by atoms with Crippen molar-refractivity contribution in [2.45, 2.75) is 19.3 Å². The van der Waals surface area contributed by atoms with E-state index in [-0.39, 0.29) is 18.2 Å². The summed E-state index contributed by atoms with van der Waals surface area (Å²) >= 11 is 0. The molecule has 0 bridgehead atoms. The maximum absolute atomic E-state index is 12.6. The highest BCUT2D eigenvalue weighted by Crippen LogP contribution is 2.23. The maximum atomic E-state index is 12.6. The van der Waals surface area contributed by atoms with E-state index in [1.807, 2.05) is 42.5 Å². The number of oxazole rings is 1. The molecule has 1 fully saturated rings. The number of amides is 2. The molecule has 0 saturated carbocycles. The second-order valence-electron chi connectivity index (χ2n) is 7.61. The van der Waals surface area contributed by atoms with Crippen LogP contribution in [-0.4, -0.2) is 64.9 Å². The van der Waals surface area contributed by atoms with Crippen molar-refractivity contribution in [2.75, 3.05) is 33.3 Å². The number of hydrogen-bond acceptors (Lipinski definition) is 6. The number of nitrogens with zero attached hydrogens (tertiary/aromatic N) is 4. The normalized spacial score (nSPS) is 13.8. The van der Waals surface area contributed by atoms with E-state index in [1.165, 1.54) is 0 Å². The zero-order valence-corrected chi connectivity index (χ0v) is 18.1. The minimum atomic E-state index is 0.0432. The van der Waals surface area contributed by atoms with Crippen molar-refractivity contribution in [3.63, 3.8) is 0 Å². The summed E-state index contributed by atoms with van der Waals surface area (Å²) in [5.74, 6) is 2.06. The number of aryl methyl sites for hydroxylation is 1. The van der Waals surface area contributed by atoms with Gasteiger partial charge in [-0.05, 0) is 36.4 Å². The first-order valence-corrected chi connectivity index (χ1v) is 10.7. The largest absolute Gasteiger partial charge is 0.497 e. The van der Waals surface area contributed by atoms with Gasteiger partial charge in [-0.15, -0.1) is 0 Å². The number of methoxy groups -OCH3 is 1. The van der Waals surface area contributed by atoms with E-state index in [2.05, 4.69) is 9.97 Å². The van der Waals surface area contributed by atoms with Gasteiger partial charge in [0.25, 0.3) is 0 Å². The number of hydrogen-bond donors (Lipinski definition) is 0. The predicted molar refractivity (Wildman–Crippen MR) is 118 cm³/mol. The molecule has 2 amide bonds. The van der Waals surface area contributed by atoms with Crippen molar-refractivity contribution in [3.05, 3.63) is 66.4 Å². The molecule has 1 aliphatic rings. The highest BCUT2D eigenvalue weighted by Gasteiger charge is 2.24. The molecule has 32 heavy (non-hydrogen) atoms. The first kappa shape index (κ1) is 21.5. The van der Waals surface area contributed by atoms with Crippen molar-refractivity contribution >= 4 is 11.8 Å². The van der Waals surface area contributed by atoms with E-state index in [4.69, 9.17) is 9.15 Å². The van der Waals surface area contributed by atoms with Crippen LogP contribution in [0.1, 0.15) is 18.0 Å². The molecule has 4 rings (SSSR count). The summed E-state index contributed by atoms with van der Waals surface area (Å²) < 4.78 is 11.0. The van der Waals surface area contributed by atoms with Gasteiger partial charge in [0.15, 0.2) is 11.7 Å². The van der Waals surface area contributed by atoms with Crippen LogP contribution in [0.3, 0.4) is 0 Å². The van der Waals surface area contributed by atoms with Crippen LogP contribution in [0.25, 0.3) is 11.3 Å². The van der Waals surface area contributed by atoms with Gasteiger partial charge in [-0.2, -0.15) is 0 Å². The lowest BCUT2D eigenvalue weighted by atomic mass is 10.2. The number of aromatic nitrogens is 2. The van der Waals surface area contributed by atoms with Crippen LogP contribution < -0.4 is 4.74 Å². The third-order valence-corrected chi connectivity index (χ3v) is 5.52. The lowest BCUT2D eigenvalue weighted by Crippen LogP contribution is -2.51. The van der Waals surface area contributed by atoms with E-state index in [0.29, 0.717) is 50.7 Å². The van der Waals surface area contributed by atoms with Crippen molar-refractivity contribution in [1.29, 1.82) is 0 Å². The van der Waals surface area contributed by atoms with Crippen molar-refractivity contribution in [2.24, 2.45) is 0 Å². The Morgan fingerprint density at radius 3 is 2.34 bits per heavy atom. The van der Waals surface area contributed by atoms with Gasteiger partial charge in [0, 0.05) is 56.5 Å². The molecule has 0 radical (unpaired) electrons. The molecule has 0 N–H and O–H groups in total. The van der Waals surface area contributed by atoms with Crippen LogP contribution >= 0.6 is 0 Å². The van der Waals surface area contributed by atoms with Gasteiger partial charge in [0.1, 0.15) is 5.75 Å². The molecule has 0 atom stereocenters. The Kier molecular flexibility index (Phi) is 6.79. The summed E-state index contributed by atoms with van der Waals surface area (Å²) in [4.78, 5) is 37.2. The average molecular weight is 434 g/mol. The van der Waals surface area contributed by atoms with Gasteiger partial charge >= 0.3 is 0 Å². The molecule has 3 heterocycles. The number of carbonyl (C=O) groups is 2. The highest BCUT2D eigenvalue weighted by molar-refractivity contribution is 5.79. The molecule has 8 nitrogen and oxygen atoms in total. The number of rotatable bonds is 7. The zero-order chi connectivity index (χ0) is 22.3. The van der Waals surface area contributed by atoms with E-state index in [0.717, 1.165) is 17.0 Å². The fraction of sp³-hybridized carbons (Fsp3) is 0.333. The predicted octanol–water partition coefficient (Wildman–Crippen LogP) is 2.59. The number of ether oxygens (including phenoxy) is 1. The summed E-state index contributed by atoms with van der Waals surface area (Å²) in [5, 5.41) is 0. The summed E-state index contributed by atoms with van der Waals surface area (Å²) in [7, 11) is 1.62. The number of pyridine rings is 1. The van der Waals surface area contributed by atoms with Crippen LogP contribution in [-0.2, 0) is 22.4 Å². The Morgan fingerprint density at radius 2 is 1.69 bits per heavy atom. The van der Waals surface area contributed by atoms with Crippen molar-refractivity contribution in [1.82, 2.24) is 19.8 Å². The molecular formula is C24H26N4O4. The number of benzene rings is 1. The molecule has 1 aliphatic heterocycles. The molecule has 0 unspecified atom stereocenters. The molecule has 1 saturated heterocycles. The molecule has 1 aromatic carbocycles.